The predicted molar refractivity (Wildman–Crippen MR) is 232 cm³/mol. The van der Waals surface area contributed by atoms with Crippen LogP contribution < -0.4 is 11.4 Å². The largest absolute Gasteiger partial charge is 0.463 e. The summed E-state index contributed by atoms with van der Waals surface area (Å²) in [6.07, 6.45) is 8.53. The van der Waals surface area contributed by atoms with E-state index in [1.165, 1.54) is 10.5 Å². The number of likely N-dealkylation sites (tertiary alicyclic amines) is 1. The third-order valence-corrected chi connectivity index (χ3v) is 15.6. The van der Waals surface area contributed by atoms with Gasteiger partial charge in [-0.2, -0.15) is 13.8 Å². The molecule has 6 fully saturated rings. The smallest absolute Gasteiger partial charge is 0.351 e. The van der Waals surface area contributed by atoms with Gasteiger partial charge in [-0.25, -0.2) is 4.79 Å². The maximum Gasteiger partial charge on any atom is 0.351 e. The van der Waals surface area contributed by atoms with Crippen LogP contribution in [0.4, 0.5) is 14.6 Å². The SMILES string of the molecule is C=C1/C(=C\C=C2/CCC[C@@]3(C)C2CCC3[C@@H](C)/C=C/C(OC(=O)CSC2CC(=O)N(CCCC(=O)OCC3OC(n4ccc(N)nc4=O)C(F)(F)C3O)C2O)C2CC2)C[C@@H](O)C[C@@H]1O. The van der Waals surface area contributed by atoms with Gasteiger partial charge in [-0.05, 0) is 110 Å². The zero-order chi connectivity index (χ0) is 46.1. The molecule has 1 amide bonds. The molecule has 7 rings (SSSR count). The summed E-state index contributed by atoms with van der Waals surface area (Å²) in [5.41, 5.74) is 7.49. The lowest BCUT2D eigenvalue weighted by Gasteiger charge is -2.44. The molecule has 352 valence electrons. The summed E-state index contributed by atoms with van der Waals surface area (Å²) in [5, 5.41) is 41.1. The number of aliphatic hydroxyl groups excluding tert-OH is 4. The van der Waals surface area contributed by atoms with Crippen molar-refractivity contribution in [2.45, 2.75) is 145 Å². The molecule has 18 heteroatoms. The van der Waals surface area contributed by atoms with Crippen molar-refractivity contribution in [2.75, 3.05) is 24.6 Å². The number of nitrogens with zero attached hydrogens (tertiary/aromatic N) is 3. The van der Waals surface area contributed by atoms with Crippen LogP contribution in [0.1, 0.15) is 97.1 Å². The van der Waals surface area contributed by atoms with E-state index in [0.29, 0.717) is 34.8 Å². The molecule has 64 heavy (non-hydrogen) atoms. The number of aliphatic hydroxyl groups is 4. The Morgan fingerprint density at radius 3 is 2.61 bits per heavy atom. The average molecular weight is 917 g/mol. The molecule has 0 bridgehead atoms. The Morgan fingerprint density at radius 2 is 1.88 bits per heavy atom. The molecule has 4 aliphatic carbocycles. The zero-order valence-corrected chi connectivity index (χ0v) is 37.3. The Hall–Kier alpha value is -3.94. The molecule has 12 atom stereocenters. The van der Waals surface area contributed by atoms with Crippen molar-refractivity contribution in [1.29, 1.82) is 0 Å². The molecule has 15 nitrogen and oxygen atoms in total. The number of nitrogen functional groups attached to an aromatic ring is 1. The normalized spacial score (nSPS) is 35.0. The Labute approximate surface area is 375 Å². The van der Waals surface area contributed by atoms with Gasteiger partial charge in [-0.15, -0.1) is 11.8 Å². The second kappa shape index (κ2) is 19.9. The lowest BCUT2D eigenvalue weighted by molar-refractivity contribution is -0.151. The highest BCUT2D eigenvalue weighted by molar-refractivity contribution is 8.00. The predicted octanol–water partition coefficient (Wildman–Crippen LogP) is 4.35. The number of hydrogen-bond acceptors (Lipinski definition) is 14. The molecule has 2 aliphatic heterocycles. The standard InChI is InChI=1S/C46H62F2N4O11S/c1-25(31-13-14-32-27(6-4-17-45(31,32)3)9-12-29-20-30(53)21-33(54)26(29)2)8-15-34(28-10-11-28)62-40(57)24-64-36-22-38(55)51(42(36)59)18-5-7-39(56)61-23-35-41(58)46(47,48)43(63-35)52-19-16-37(49)50-44(52)60/h8-9,12,15-16,19,25,28,30-36,41-43,53-54,58-59H,2,4-7,10-11,13-14,17-18,20-24H2,1,3H3,(H2,49,50,60)/b15-8+,27-9+,29-12-/t25-,30+,31?,32?,33-,34?,35?,36?,41?,42?,43?,45+/m0/s1. The lowest BCUT2D eigenvalue weighted by atomic mass is 9.61. The molecule has 6 N–H and O–H groups in total. The molecule has 1 aromatic rings. The van der Waals surface area contributed by atoms with Crippen LogP contribution in [0.15, 0.2) is 64.7 Å². The number of allylic oxidation sites excluding steroid dienone is 4. The van der Waals surface area contributed by atoms with Crippen molar-refractivity contribution >= 4 is 35.4 Å². The van der Waals surface area contributed by atoms with Crippen LogP contribution in [0.2, 0.25) is 0 Å². The average Bonchev–Trinajstić information content (AvgIpc) is 3.92. The molecule has 6 aliphatic rings. The number of nitrogens with two attached hydrogens (primary N) is 1. The summed E-state index contributed by atoms with van der Waals surface area (Å²) in [7, 11) is 0. The number of amides is 1. The lowest BCUT2D eigenvalue weighted by Crippen LogP contribution is -2.42. The first kappa shape index (κ1) is 48.0. The molecule has 1 aromatic heterocycles. The fourth-order valence-corrected chi connectivity index (χ4v) is 11.6. The quantitative estimate of drug-likeness (QED) is 0.115. The highest BCUT2D eigenvalue weighted by Gasteiger charge is 2.60. The number of alkyl halides is 2. The third-order valence-electron chi connectivity index (χ3n) is 14.3. The van der Waals surface area contributed by atoms with Gasteiger partial charge in [-0.1, -0.05) is 44.2 Å². The maximum atomic E-state index is 14.8. The van der Waals surface area contributed by atoms with E-state index >= 15 is 0 Å². The van der Waals surface area contributed by atoms with Crippen molar-refractivity contribution in [3.63, 3.8) is 0 Å². The second-order valence-corrected chi connectivity index (χ2v) is 20.0. The van der Waals surface area contributed by atoms with Crippen LogP contribution in [0.3, 0.4) is 0 Å². The van der Waals surface area contributed by atoms with Crippen LogP contribution >= 0.6 is 11.8 Å². The first-order chi connectivity index (χ1) is 30.4. The van der Waals surface area contributed by atoms with Crippen molar-refractivity contribution in [1.82, 2.24) is 14.5 Å². The number of halogens is 2. The van der Waals surface area contributed by atoms with Crippen LogP contribution in [-0.2, 0) is 28.6 Å². The topological polar surface area (TPSA) is 224 Å². The van der Waals surface area contributed by atoms with Gasteiger partial charge >= 0.3 is 23.6 Å². The van der Waals surface area contributed by atoms with Gasteiger partial charge in [0.1, 0.15) is 30.9 Å². The van der Waals surface area contributed by atoms with E-state index < -0.39 is 72.3 Å². The number of carbonyl (C=O) groups excluding carboxylic acids is 3. The highest BCUT2D eigenvalue weighted by atomic mass is 32.2. The van der Waals surface area contributed by atoms with Gasteiger partial charge in [0.15, 0.2) is 6.10 Å². The first-order valence-corrected chi connectivity index (χ1v) is 23.6. The molecule has 4 saturated carbocycles. The highest BCUT2D eigenvalue weighted by Crippen LogP contribution is 2.59. The van der Waals surface area contributed by atoms with Crippen LogP contribution in [-0.4, -0.2) is 120 Å². The van der Waals surface area contributed by atoms with Gasteiger partial charge in [0.25, 0.3) is 0 Å². The van der Waals surface area contributed by atoms with Crippen LogP contribution in [0, 0.1) is 29.1 Å². The molecule has 2 saturated heterocycles. The first-order valence-electron chi connectivity index (χ1n) is 22.5. The van der Waals surface area contributed by atoms with Crippen LogP contribution in [0.25, 0.3) is 0 Å². The number of hydrogen-bond donors (Lipinski definition) is 5. The van der Waals surface area contributed by atoms with E-state index in [9.17, 15) is 48.4 Å². The number of ether oxygens (including phenoxy) is 3. The van der Waals surface area contributed by atoms with E-state index in [0.717, 1.165) is 74.5 Å². The molecule has 0 spiro atoms. The number of fused-ring (bicyclic) bond motifs is 1. The Balaban J connectivity index is 0.841. The van der Waals surface area contributed by atoms with Crippen LogP contribution in [0.5, 0.6) is 0 Å². The Bertz CT molecular complexity index is 2080. The Kier molecular flexibility index (Phi) is 14.9. The van der Waals surface area contributed by atoms with Crippen molar-refractivity contribution in [3.05, 3.63) is 70.3 Å². The summed E-state index contributed by atoms with van der Waals surface area (Å²) >= 11 is 1.14. The zero-order valence-electron chi connectivity index (χ0n) is 36.4. The van der Waals surface area contributed by atoms with E-state index in [2.05, 4.69) is 43.6 Å². The van der Waals surface area contributed by atoms with E-state index in [4.69, 9.17) is 19.9 Å². The molecule has 0 aromatic carbocycles. The summed E-state index contributed by atoms with van der Waals surface area (Å²) < 4.78 is 46.4. The third kappa shape index (κ3) is 10.5. The van der Waals surface area contributed by atoms with Gasteiger partial charge < -0.3 is 45.3 Å². The van der Waals surface area contributed by atoms with Gasteiger partial charge in [-0.3, -0.25) is 19.0 Å². The maximum absolute atomic E-state index is 14.8. The molecular weight excluding hydrogens is 855 g/mol. The Morgan fingerprint density at radius 1 is 1.11 bits per heavy atom. The summed E-state index contributed by atoms with van der Waals surface area (Å²) in [5.74, 6) is -4.31. The summed E-state index contributed by atoms with van der Waals surface area (Å²) in [6, 6.07) is 1.12. The molecule has 0 radical (unpaired) electrons. The van der Waals surface area contributed by atoms with Crippen molar-refractivity contribution < 1.29 is 57.8 Å². The molecule has 8 unspecified atom stereocenters. The molecule has 3 heterocycles. The van der Waals surface area contributed by atoms with E-state index in [-0.39, 0.29) is 66.6 Å². The minimum Gasteiger partial charge on any atom is -0.463 e. The fraction of sp³-hybridized carbons (Fsp3) is 0.674. The second-order valence-electron chi connectivity index (χ2n) is 18.7. The number of aromatic nitrogens is 2. The minimum atomic E-state index is -3.91. The number of carbonyl (C=O) groups is 3. The van der Waals surface area contributed by atoms with Gasteiger partial charge in [0, 0.05) is 32.0 Å². The number of rotatable bonds is 16. The van der Waals surface area contributed by atoms with Gasteiger partial charge in [0.2, 0.25) is 12.1 Å². The number of anilines is 1. The number of esters is 2. The fourth-order valence-electron chi connectivity index (χ4n) is 10.6. The summed E-state index contributed by atoms with van der Waals surface area (Å²) in [6.45, 7) is 8.01. The minimum absolute atomic E-state index is 0.00162. The van der Waals surface area contributed by atoms with Crippen molar-refractivity contribution in [3.8, 4) is 0 Å². The van der Waals surface area contributed by atoms with E-state index in [1.54, 1.807) is 0 Å². The molecular formula is C46H62F2N4O11S. The summed E-state index contributed by atoms with van der Waals surface area (Å²) in [4.78, 5) is 55.2. The van der Waals surface area contributed by atoms with E-state index in [1.807, 2.05) is 6.08 Å². The van der Waals surface area contributed by atoms with Gasteiger partial charge in [0.05, 0.1) is 23.2 Å². The number of thioether (sulfide) groups is 1. The van der Waals surface area contributed by atoms with Crippen molar-refractivity contribution in [2.24, 2.45) is 29.1 Å². The monoisotopic (exact) mass is 916 g/mol.